The van der Waals surface area contributed by atoms with Gasteiger partial charge in [0.1, 0.15) is 5.60 Å². The van der Waals surface area contributed by atoms with Gasteiger partial charge in [-0.15, -0.1) is 0 Å². The molecule has 180 valence electrons. The fraction of sp³-hybridized carbons (Fsp3) is 0.462. The van der Waals surface area contributed by atoms with Crippen LogP contribution in [0.2, 0.25) is 0 Å². The Morgan fingerprint density at radius 2 is 1.79 bits per heavy atom. The molecule has 1 aromatic carbocycles. The van der Waals surface area contributed by atoms with Crippen molar-refractivity contribution in [1.82, 2.24) is 24.7 Å². The Hall–Kier alpha value is -3.10. The predicted molar refractivity (Wildman–Crippen MR) is 134 cm³/mol. The number of carbonyl (C=O) groups is 1. The van der Waals surface area contributed by atoms with Crippen LogP contribution in [0.1, 0.15) is 26.3 Å². The second kappa shape index (κ2) is 8.92. The fourth-order valence-electron chi connectivity index (χ4n) is 4.98. The highest BCUT2D eigenvalue weighted by Gasteiger charge is 2.43. The van der Waals surface area contributed by atoms with Crippen molar-refractivity contribution in [1.29, 1.82) is 0 Å². The van der Waals surface area contributed by atoms with E-state index < -0.39 is 5.60 Å². The van der Waals surface area contributed by atoms with Gasteiger partial charge in [0.2, 0.25) is 0 Å². The summed E-state index contributed by atoms with van der Waals surface area (Å²) >= 11 is 0. The zero-order chi connectivity index (χ0) is 23.9. The molecule has 0 spiro atoms. The highest BCUT2D eigenvalue weighted by Crippen LogP contribution is 2.35. The van der Waals surface area contributed by atoms with Crippen molar-refractivity contribution in [3.63, 3.8) is 0 Å². The van der Waals surface area contributed by atoms with Crippen molar-refractivity contribution in [3.8, 4) is 11.1 Å². The molecule has 2 aliphatic rings. The fourth-order valence-corrected chi connectivity index (χ4v) is 4.98. The molecule has 2 fully saturated rings. The number of likely N-dealkylation sites (tertiary alicyclic amines) is 1. The molecule has 8 heteroatoms. The van der Waals surface area contributed by atoms with E-state index in [1.54, 1.807) is 0 Å². The standard InChI is InChI=1S/C26H34N6O2/c1-4-27-25(33)30-13-11-29(12-14-30)23-9-10-28-32-16-21(15-24(23)32)20-5-7-22(8-6-20)26(34)17-31(18-26)19(2)3/h5-10,15-16,19,34H,4,11-14,17-18H2,1-3H3,(H,27,33). The number of hydrogen-bond acceptors (Lipinski definition) is 5. The largest absolute Gasteiger partial charge is 0.382 e. The molecule has 2 N–H and O–H groups in total. The van der Waals surface area contributed by atoms with E-state index in [1.165, 1.54) is 0 Å². The SMILES string of the molecule is CCNC(=O)N1CCN(c2ccnn3cc(-c4ccc(C5(O)CN(C(C)C)C5)cc4)cc23)CC1. The van der Waals surface area contributed by atoms with Crippen molar-refractivity contribution >= 4 is 17.2 Å². The molecule has 0 atom stereocenters. The number of rotatable bonds is 5. The number of piperazine rings is 1. The van der Waals surface area contributed by atoms with E-state index in [0.29, 0.717) is 38.8 Å². The number of β-amino-alcohol motifs (C(OH)–C–C–N with tert-alkyl or cyclic N) is 1. The molecule has 2 amide bonds. The van der Waals surface area contributed by atoms with Gasteiger partial charge in [0, 0.05) is 69.8 Å². The van der Waals surface area contributed by atoms with Crippen LogP contribution in [0.3, 0.4) is 0 Å². The Labute approximate surface area is 200 Å². The highest BCUT2D eigenvalue weighted by atomic mass is 16.3. The number of amides is 2. The lowest BCUT2D eigenvalue weighted by Gasteiger charge is -2.49. The number of nitrogens with one attached hydrogen (secondary N) is 1. The van der Waals surface area contributed by atoms with Crippen LogP contribution in [0.15, 0.2) is 48.8 Å². The van der Waals surface area contributed by atoms with E-state index in [1.807, 2.05) is 34.7 Å². The lowest BCUT2D eigenvalue weighted by Crippen LogP contribution is -2.61. The summed E-state index contributed by atoms with van der Waals surface area (Å²) in [6, 6.07) is 13.0. The van der Waals surface area contributed by atoms with Gasteiger partial charge in [0.05, 0.1) is 11.2 Å². The van der Waals surface area contributed by atoms with Crippen molar-refractivity contribution in [3.05, 3.63) is 54.4 Å². The zero-order valence-electron chi connectivity index (χ0n) is 20.2. The van der Waals surface area contributed by atoms with Crippen molar-refractivity contribution in [2.45, 2.75) is 32.4 Å². The first-order chi connectivity index (χ1) is 16.4. The number of urea groups is 1. The number of carbonyl (C=O) groups excluding carboxylic acids is 1. The van der Waals surface area contributed by atoms with Crippen molar-refractivity contribution in [2.24, 2.45) is 0 Å². The first-order valence-corrected chi connectivity index (χ1v) is 12.2. The van der Waals surface area contributed by atoms with Crippen LogP contribution in [0.4, 0.5) is 10.5 Å². The maximum atomic E-state index is 12.1. The molecule has 0 radical (unpaired) electrons. The molecule has 0 aliphatic carbocycles. The lowest BCUT2D eigenvalue weighted by atomic mass is 9.84. The number of anilines is 1. The van der Waals surface area contributed by atoms with Crippen LogP contribution in [0.25, 0.3) is 16.6 Å². The van der Waals surface area contributed by atoms with E-state index >= 15 is 0 Å². The summed E-state index contributed by atoms with van der Waals surface area (Å²) in [4.78, 5) is 18.6. The topological polar surface area (TPSA) is 76.4 Å². The second-order valence-corrected chi connectivity index (χ2v) is 9.69. The summed E-state index contributed by atoms with van der Waals surface area (Å²) in [6.45, 7) is 11.2. The number of benzene rings is 1. The minimum absolute atomic E-state index is 0.0129. The van der Waals surface area contributed by atoms with Gasteiger partial charge in [-0.25, -0.2) is 9.31 Å². The maximum Gasteiger partial charge on any atom is 0.317 e. The number of aliphatic hydroxyl groups is 1. The van der Waals surface area contributed by atoms with E-state index in [4.69, 9.17) is 0 Å². The zero-order valence-corrected chi connectivity index (χ0v) is 20.2. The molecule has 0 bridgehead atoms. The van der Waals surface area contributed by atoms with E-state index in [2.05, 4.69) is 64.5 Å². The average Bonchev–Trinajstić information content (AvgIpc) is 3.27. The summed E-state index contributed by atoms with van der Waals surface area (Å²) in [5.41, 5.74) is 4.60. The van der Waals surface area contributed by atoms with Crippen molar-refractivity contribution in [2.75, 3.05) is 50.7 Å². The third-order valence-electron chi connectivity index (χ3n) is 7.14. The van der Waals surface area contributed by atoms with Crippen LogP contribution >= 0.6 is 0 Å². The molecule has 34 heavy (non-hydrogen) atoms. The summed E-state index contributed by atoms with van der Waals surface area (Å²) in [5.74, 6) is 0. The quantitative estimate of drug-likeness (QED) is 0.610. The summed E-state index contributed by atoms with van der Waals surface area (Å²) in [5, 5.41) is 18.4. The van der Waals surface area contributed by atoms with Gasteiger partial charge in [0.15, 0.2) is 0 Å². The first-order valence-electron chi connectivity index (χ1n) is 12.2. The Balaban J connectivity index is 1.33. The summed E-state index contributed by atoms with van der Waals surface area (Å²) in [7, 11) is 0. The number of nitrogens with zero attached hydrogens (tertiary/aromatic N) is 5. The van der Waals surface area contributed by atoms with Gasteiger partial charge in [-0.2, -0.15) is 5.10 Å². The Morgan fingerprint density at radius 3 is 2.44 bits per heavy atom. The van der Waals surface area contributed by atoms with Gasteiger partial charge in [-0.3, -0.25) is 4.90 Å². The van der Waals surface area contributed by atoms with Gasteiger partial charge in [0.25, 0.3) is 0 Å². The second-order valence-electron chi connectivity index (χ2n) is 9.69. The van der Waals surface area contributed by atoms with Crippen molar-refractivity contribution < 1.29 is 9.90 Å². The van der Waals surface area contributed by atoms with Crippen LogP contribution in [-0.4, -0.2) is 82.4 Å². The predicted octanol–water partition coefficient (Wildman–Crippen LogP) is 2.76. The van der Waals surface area contributed by atoms with Crippen LogP contribution in [-0.2, 0) is 5.60 Å². The molecule has 0 saturated carbocycles. The third-order valence-corrected chi connectivity index (χ3v) is 7.14. The normalized spacial score (nSPS) is 18.4. The van der Waals surface area contributed by atoms with E-state index in [9.17, 15) is 9.90 Å². The number of hydrogen-bond donors (Lipinski definition) is 2. The molecule has 2 aliphatic heterocycles. The Morgan fingerprint density at radius 1 is 1.09 bits per heavy atom. The van der Waals surface area contributed by atoms with Crippen LogP contribution < -0.4 is 10.2 Å². The lowest BCUT2D eigenvalue weighted by molar-refractivity contribution is -0.116. The van der Waals surface area contributed by atoms with Crippen LogP contribution in [0, 0.1) is 0 Å². The third kappa shape index (κ3) is 4.12. The highest BCUT2D eigenvalue weighted by molar-refractivity contribution is 5.80. The molecular weight excluding hydrogens is 428 g/mol. The summed E-state index contributed by atoms with van der Waals surface area (Å²) < 4.78 is 1.93. The van der Waals surface area contributed by atoms with Gasteiger partial charge >= 0.3 is 6.03 Å². The molecule has 4 heterocycles. The number of aromatic nitrogens is 2. The Bertz CT molecular complexity index is 1160. The van der Waals surface area contributed by atoms with Gasteiger partial charge in [-0.1, -0.05) is 24.3 Å². The number of fused-ring (bicyclic) bond motifs is 1. The molecule has 2 saturated heterocycles. The first kappa shape index (κ1) is 22.7. The minimum Gasteiger partial charge on any atom is -0.382 e. The molecule has 3 aromatic rings. The average molecular weight is 463 g/mol. The molecule has 5 rings (SSSR count). The Kier molecular flexibility index (Phi) is 5.95. The smallest absolute Gasteiger partial charge is 0.317 e. The maximum absolute atomic E-state index is 12.1. The molecule has 0 unspecified atom stereocenters. The van der Waals surface area contributed by atoms with E-state index in [-0.39, 0.29) is 6.03 Å². The van der Waals surface area contributed by atoms with Gasteiger partial charge in [-0.05, 0) is 44.0 Å². The van der Waals surface area contributed by atoms with Gasteiger partial charge < -0.3 is 20.2 Å². The molecular formula is C26H34N6O2. The molecule has 2 aromatic heterocycles. The van der Waals surface area contributed by atoms with E-state index in [0.717, 1.165) is 41.0 Å². The minimum atomic E-state index is -0.751. The summed E-state index contributed by atoms with van der Waals surface area (Å²) in [6.07, 6.45) is 3.88. The molecule has 8 nitrogen and oxygen atoms in total. The van der Waals surface area contributed by atoms with Crippen LogP contribution in [0.5, 0.6) is 0 Å². The monoisotopic (exact) mass is 462 g/mol.